The van der Waals surface area contributed by atoms with E-state index in [1.807, 2.05) is 14.0 Å². The lowest BCUT2D eigenvalue weighted by Crippen LogP contribution is -2.14. The molecule has 0 heterocycles. The Bertz CT molecular complexity index is 229. The molecule has 1 saturated carbocycles. The first-order valence-corrected chi connectivity index (χ1v) is 4.77. The van der Waals surface area contributed by atoms with Crippen molar-refractivity contribution in [2.24, 2.45) is 5.92 Å². The van der Waals surface area contributed by atoms with Crippen LogP contribution in [-0.2, 0) is 0 Å². The van der Waals surface area contributed by atoms with Gasteiger partial charge in [-0.1, -0.05) is 0 Å². The lowest BCUT2D eigenvalue weighted by Gasteiger charge is -2.11. The van der Waals surface area contributed by atoms with Gasteiger partial charge in [-0.3, -0.25) is 0 Å². The van der Waals surface area contributed by atoms with Crippen LogP contribution in [0.15, 0.2) is 11.3 Å². The van der Waals surface area contributed by atoms with E-state index in [4.69, 9.17) is 10.5 Å². The molecule has 0 aromatic rings. The van der Waals surface area contributed by atoms with Gasteiger partial charge < -0.3 is 15.8 Å². The monoisotopic (exact) mass is 182 g/mol. The molecule has 1 aliphatic carbocycles. The van der Waals surface area contributed by atoms with E-state index in [-0.39, 0.29) is 6.61 Å². The van der Waals surface area contributed by atoms with Gasteiger partial charge in [0.15, 0.2) is 0 Å². The van der Waals surface area contributed by atoms with Crippen molar-refractivity contribution in [2.45, 2.75) is 26.2 Å². The van der Waals surface area contributed by atoms with Crippen molar-refractivity contribution in [1.82, 2.24) is 5.32 Å². The molecule has 0 amide bonds. The van der Waals surface area contributed by atoms with Crippen LogP contribution in [0.3, 0.4) is 0 Å². The smallest absolute Gasteiger partial charge is 0.0472 e. The normalized spacial score (nSPS) is 18.1. The number of nitrogens with one attached hydrogen (secondary N) is 2. The Balaban J connectivity index is 2.70. The molecule has 1 aliphatic rings. The maximum atomic E-state index is 8.87. The molecule has 0 atom stereocenters. The molecule has 74 valence electrons. The Morgan fingerprint density at radius 1 is 1.54 bits per heavy atom. The van der Waals surface area contributed by atoms with Gasteiger partial charge in [0.05, 0.1) is 0 Å². The first-order valence-electron chi connectivity index (χ1n) is 4.77. The highest BCUT2D eigenvalue weighted by Gasteiger charge is 2.28. The lowest BCUT2D eigenvalue weighted by atomic mass is 10.0. The Hall–Kier alpha value is -0.830. The predicted molar refractivity (Wildman–Crippen MR) is 53.9 cm³/mol. The van der Waals surface area contributed by atoms with Gasteiger partial charge in [0.2, 0.25) is 0 Å². The maximum Gasteiger partial charge on any atom is 0.0472 e. The van der Waals surface area contributed by atoms with Crippen LogP contribution in [-0.4, -0.2) is 24.5 Å². The highest BCUT2D eigenvalue weighted by atomic mass is 16.2. The van der Waals surface area contributed by atoms with Gasteiger partial charge in [-0.25, -0.2) is 0 Å². The molecular formula is C10H18N2O. The average Bonchev–Trinajstić information content (AvgIpc) is 2.95. The second kappa shape index (κ2) is 4.42. The number of aliphatic hydroxyl groups is 1. The van der Waals surface area contributed by atoms with Crippen LogP contribution in [0, 0.1) is 11.3 Å². The topological polar surface area (TPSA) is 56.1 Å². The molecule has 1 rings (SSSR count). The standard InChI is InChI=1S/C10H18N2O/c1-7(12-2)9(5-6-13)10(11)8-3-4-8/h8,11-13H,3-6H2,1-2H3/b9-7-,11-10?. The zero-order valence-corrected chi connectivity index (χ0v) is 8.35. The summed E-state index contributed by atoms with van der Waals surface area (Å²) in [6, 6.07) is 0. The molecule has 3 heteroatoms. The molecule has 0 aliphatic heterocycles. The summed E-state index contributed by atoms with van der Waals surface area (Å²) in [5.74, 6) is 0.463. The summed E-state index contributed by atoms with van der Waals surface area (Å²) < 4.78 is 0. The number of allylic oxidation sites excluding steroid dienone is 1. The quantitative estimate of drug-likeness (QED) is 0.561. The van der Waals surface area contributed by atoms with Crippen molar-refractivity contribution < 1.29 is 5.11 Å². The average molecular weight is 182 g/mol. The summed E-state index contributed by atoms with van der Waals surface area (Å²) >= 11 is 0. The second-order valence-electron chi connectivity index (χ2n) is 3.52. The third-order valence-corrected chi connectivity index (χ3v) is 2.50. The van der Waals surface area contributed by atoms with Crippen molar-refractivity contribution in [3.8, 4) is 0 Å². The molecule has 0 radical (unpaired) electrons. The van der Waals surface area contributed by atoms with Gasteiger partial charge in [0.25, 0.3) is 0 Å². The van der Waals surface area contributed by atoms with Crippen LogP contribution in [0.25, 0.3) is 0 Å². The maximum absolute atomic E-state index is 8.87. The molecular weight excluding hydrogens is 164 g/mol. The molecule has 0 bridgehead atoms. The zero-order valence-electron chi connectivity index (χ0n) is 8.35. The van der Waals surface area contributed by atoms with Crippen molar-refractivity contribution in [3.05, 3.63) is 11.3 Å². The van der Waals surface area contributed by atoms with Crippen LogP contribution >= 0.6 is 0 Å². The first kappa shape index (κ1) is 10.3. The van der Waals surface area contributed by atoms with Crippen LogP contribution < -0.4 is 5.32 Å². The van der Waals surface area contributed by atoms with Crippen molar-refractivity contribution in [1.29, 1.82) is 5.41 Å². The summed E-state index contributed by atoms with van der Waals surface area (Å²) in [5, 5.41) is 19.8. The summed E-state index contributed by atoms with van der Waals surface area (Å²) in [7, 11) is 1.85. The molecule has 0 unspecified atom stereocenters. The van der Waals surface area contributed by atoms with E-state index in [0.717, 1.165) is 29.8 Å². The molecule has 3 nitrogen and oxygen atoms in total. The minimum absolute atomic E-state index is 0.128. The number of hydrogen-bond donors (Lipinski definition) is 3. The first-order chi connectivity index (χ1) is 6.20. The summed E-state index contributed by atoms with van der Waals surface area (Å²) in [5.41, 5.74) is 2.74. The number of hydrogen-bond acceptors (Lipinski definition) is 3. The third-order valence-electron chi connectivity index (χ3n) is 2.50. The van der Waals surface area contributed by atoms with Gasteiger partial charge >= 0.3 is 0 Å². The van der Waals surface area contributed by atoms with Gasteiger partial charge in [0, 0.05) is 31.0 Å². The van der Waals surface area contributed by atoms with Crippen LogP contribution in [0.2, 0.25) is 0 Å². The second-order valence-corrected chi connectivity index (χ2v) is 3.52. The summed E-state index contributed by atoms with van der Waals surface area (Å²) in [4.78, 5) is 0. The fourth-order valence-corrected chi connectivity index (χ4v) is 1.41. The molecule has 0 spiro atoms. The Kier molecular flexibility index (Phi) is 3.48. The van der Waals surface area contributed by atoms with E-state index in [1.54, 1.807) is 0 Å². The van der Waals surface area contributed by atoms with Crippen molar-refractivity contribution >= 4 is 5.71 Å². The third kappa shape index (κ3) is 2.56. The summed E-state index contributed by atoms with van der Waals surface area (Å²) in [6.45, 7) is 2.09. The van der Waals surface area contributed by atoms with Crippen molar-refractivity contribution in [3.63, 3.8) is 0 Å². The summed E-state index contributed by atoms with van der Waals surface area (Å²) in [6.07, 6.45) is 2.89. The Morgan fingerprint density at radius 3 is 2.54 bits per heavy atom. The van der Waals surface area contributed by atoms with Gasteiger partial charge in [-0.05, 0) is 31.8 Å². The van der Waals surface area contributed by atoms with E-state index in [2.05, 4.69) is 5.32 Å². The molecule has 1 fully saturated rings. The Morgan fingerprint density at radius 2 is 2.15 bits per heavy atom. The van der Waals surface area contributed by atoms with Gasteiger partial charge in [-0.2, -0.15) is 0 Å². The molecule has 0 aromatic heterocycles. The molecule has 3 N–H and O–H groups in total. The van der Waals surface area contributed by atoms with Gasteiger partial charge in [-0.15, -0.1) is 0 Å². The Labute approximate surface area is 79.4 Å². The fourth-order valence-electron chi connectivity index (χ4n) is 1.41. The van der Waals surface area contributed by atoms with Crippen LogP contribution in [0.5, 0.6) is 0 Å². The van der Waals surface area contributed by atoms with Crippen molar-refractivity contribution in [2.75, 3.05) is 13.7 Å². The molecule has 0 aromatic carbocycles. The SMILES string of the molecule is CN/C(C)=C(/CCO)C(=N)C1CC1. The number of rotatable bonds is 5. The van der Waals surface area contributed by atoms with E-state index >= 15 is 0 Å². The minimum atomic E-state index is 0.128. The lowest BCUT2D eigenvalue weighted by molar-refractivity contribution is 0.300. The largest absolute Gasteiger partial charge is 0.396 e. The van der Waals surface area contributed by atoms with E-state index in [0.29, 0.717) is 12.3 Å². The zero-order chi connectivity index (χ0) is 9.84. The van der Waals surface area contributed by atoms with Crippen LogP contribution in [0.4, 0.5) is 0 Å². The minimum Gasteiger partial charge on any atom is -0.396 e. The molecule has 0 saturated heterocycles. The molecule has 13 heavy (non-hydrogen) atoms. The predicted octanol–water partition coefficient (Wildman–Crippen LogP) is 1.29. The van der Waals surface area contributed by atoms with Crippen LogP contribution in [0.1, 0.15) is 26.2 Å². The highest BCUT2D eigenvalue weighted by Crippen LogP contribution is 2.33. The highest BCUT2D eigenvalue weighted by molar-refractivity contribution is 6.01. The van der Waals surface area contributed by atoms with Gasteiger partial charge in [0.1, 0.15) is 0 Å². The van der Waals surface area contributed by atoms with E-state index < -0.39 is 0 Å². The fraction of sp³-hybridized carbons (Fsp3) is 0.700. The number of aliphatic hydroxyl groups excluding tert-OH is 1. The van der Waals surface area contributed by atoms with E-state index in [1.165, 1.54) is 0 Å². The van der Waals surface area contributed by atoms with E-state index in [9.17, 15) is 0 Å².